The number of methoxy groups -OCH3 is 1. The normalized spacial score (nSPS) is 17.0. The van der Waals surface area contributed by atoms with Crippen molar-refractivity contribution in [3.8, 4) is 5.75 Å². The molecule has 2 heterocycles. The number of aromatic nitrogens is 1. The van der Waals surface area contributed by atoms with Gasteiger partial charge in [0.05, 0.1) is 26.4 Å². The lowest BCUT2D eigenvalue weighted by molar-refractivity contribution is -0.273. The molecule has 1 aromatic carbocycles. The Labute approximate surface area is 246 Å². The highest BCUT2D eigenvalue weighted by Crippen LogP contribution is 2.31. The van der Waals surface area contributed by atoms with Crippen molar-refractivity contribution in [2.45, 2.75) is 77.8 Å². The van der Waals surface area contributed by atoms with Crippen molar-refractivity contribution in [2.24, 2.45) is 0 Å². The van der Waals surface area contributed by atoms with Gasteiger partial charge < -0.3 is 23.7 Å². The molecule has 9 nitrogen and oxygen atoms in total. The van der Waals surface area contributed by atoms with Gasteiger partial charge >= 0.3 is 12.1 Å². The first kappa shape index (κ1) is 31.5. The molecule has 0 spiro atoms. The highest BCUT2D eigenvalue weighted by atomic mass is 127. The summed E-state index contributed by atoms with van der Waals surface area (Å²) in [5, 5.41) is 0.329. The van der Waals surface area contributed by atoms with E-state index in [2.05, 4.69) is 4.98 Å². The molecule has 1 fully saturated rings. The number of hydrogen-bond donors (Lipinski definition) is 0. The van der Waals surface area contributed by atoms with Crippen LogP contribution in [0.2, 0.25) is 0 Å². The third-order valence-corrected chi connectivity index (χ3v) is 7.43. The summed E-state index contributed by atoms with van der Waals surface area (Å²) in [5.74, 6) is -1.56. The number of carbonyl (C=O) groups excluding carboxylic acids is 2. The van der Waals surface area contributed by atoms with Crippen LogP contribution in [-0.4, -0.2) is 61.4 Å². The number of ether oxygens (including phenoxy) is 5. The number of carbonyl (C=O) groups is 2. The second-order valence-corrected chi connectivity index (χ2v) is 12.8. The van der Waals surface area contributed by atoms with Crippen molar-refractivity contribution < 1.29 is 37.7 Å². The molecule has 12 heteroatoms. The lowest BCUT2D eigenvalue weighted by Crippen LogP contribution is -2.43. The van der Waals surface area contributed by atoms with E-state index in [-0.39, 0.29) is 30.7 Å². The lowest BCUT2D eigenvalue weighted by atomic mass is 10.1. The van der Waals surface area contributed by atoms with Gasteiger partial charge in [-0.3, -0.25) is 4.90 Å². The molecule has 0 radical (unpaired) electrons. The van der Waals surface area contributed by atoms with Crippen molar-refractivity contribution in [2.75, 3.05) is 31.8 Å². The van der Waals surface area contributed by atoms with Gasteiger partial charge in [0.1, 0.15) is 5.60 Å². The summed E-state index contributed by atoms with van der Waals surface area (Å²) in [7, 11) is 1.28. The van der Waals surface area contributed by atoms with Gasteiger partial charge in [0.15, 0.2) is 28.2 Å². The predicted molar refractivity (Wildman–Crippen MR) is 154 cm³/mol. The highest BCUT2D eigenvalue weighted by molar-refractivity contribution is 14.1. The van der Waals surface area contributed by atoms with Gasteiger partial charge in [-0.25, -0.2) is 19.0 Å². The molecule has 2 aromatic rings. The quantitative estimate of drug-likeness (QED) is 0.163. The third-order valence-electron chi connectivity index (χ3n) is 5.62. The lowest BCUT2D eigenvalue weighted by Gasteiger charge is -2.36. The Kier molecular flexibility index (Phi) is 10.9. The summed E-state index contributed by atoms with van der Waals surface area (Å²) >= 11 is 3.25. The minimum absolute atomic E-state index is 0.114. The second kappa shape index (κ2) is 13.6. The zero-order valence-electron chi connectivity index (χ0n) is 23.2. The van der Waals surface area contributed by atoms with E-state index in [1.165, 1.54) is 29.4 Å². The third kappa shape index (κ3) is 9.54. The van der Waals surface area contributed by atoms with Crippen LogP contribution >= 0.6 is 33.9 Å². The van der Waals surface area contributed by atoms with Crippen molar-refractivity contribution in [1.82, 2.24) is 4.98 Å². The number of halogens is 2. The van der Waals surface area contributed by atoms with Crippen LogP contribution in [0.3, 0.4) is 0 Å². The Morgan fingerprint density at radius 2 is 2.05 bits per heavy atom. The van der Waals surface area contributed by atoms with E-state index in [0.717, 1.165) is 3.57 Å². The predicted octanol–water partition coefficient (Wildman–Crippen LogP) is 6.36. The molecular formula is C27H36FIN2O7S. The summed E-state index contributed by atoms with van der Waals surface area (Å²) in [6.07, 6.45) is 1.47. The van der Waals surface area contributed by atoms with E-state index in [4.69, 9.17) is 23.7 Å². The summed E-state index contributed by atoms with van der Waals surface area (Å²) in [6, 6.07) is 4.75. The summed E-state index contributed by atoms with van der Waals surface area (Å²) in [5.41, 5.74) is -0.588. The Morgan fingerprint density at radius 1 is 1.31 bits per heavy atom. The van der Waals surface area contributed by atoms with Crippen molar-refractivity contribution in [3.63, 3.8) is 0 Å². The SMILES string of the molecule is COC(=O)c1nc(N(CCC2CCOC(C)(C)O2)C(=O)OC(C)(C)C)sc1CCCOc1ccc(I)cc1F. The summed E-state index contributed by atoms with van der Waals surface area (Å²) in [4.78, 5) is 32.3. The number of rotatable bonds is 10. The molecule has 1 amide bonds. The van der Waals surface area contributed by atoms with E-state index < -0.39 is 29.3 Å². The molecule has 1 aliphatic rings. The molecule has 39 heavy (non-hydrogen) atoms. The summed E-state index contributed by atoms with van der Waals surface area (Å²) < 4.78 is 42.7. The van der Waals surface area contributed by atoms with Gasteiger partial charge in [-0.15, -0.1) is 11.3 Å². The second-order valence-electron chi connectivity index (χ2n) is 10.5. The first-order chi connectivity index (χ1) is 18.3. The zero-order chi connectivity index (χ0) is 28.8. The fourth-order valence-electron chi connectivity index (χ4n) is 3.88. The van der Waals surface area contributed by atoms with Crippen LogP contribution < -0.4 is 9.64 Å². The minimum Gasteiger partial charge on any atom is -0.491 e. The van der Waals surface area contributed by atoms with Crippen LogP contribution in [-0.2, 0) is 25.4 Å². The van der Waals surface area contributed by atoms with Crippen molar-refractivity contribution >= 4 is 51.1 Å². The van der Waals surface area contributed by atoms with Crippen LogP contribution in [0.5, 0.6) is 5.75 Å². The number of hydrogen-bond acceptors (Lipinski definition) is 9. The largest absolute Gasteiger partial charge is 0.491 e. The monoisotopic (exact) mass is 678 g/mol. The molecule has 1 aromatic heterocycles. The van der Waals surface area contributed by atoms with E-state index in [9.17, 15) is 14.0 Å². The number of anilines is 1. The maximum atomic E-state index is 14.1. The molecule has 0 N–H and O–H groups in total. The Hall–Kier alpha value is -2.03. The van der Waals surface area contributed by atoms with E-state index >= 15 is 0 Å². The van der Waals surface area contributed by atoms with Crippen LogP contribution in [0.1, 0.15) is 69.2 Å². The number of thiazole rings is 1. The molecule has 0 saturated carbocycles. The first-order valence-corrected chi connectivity index (χ1v) is 14.7. The van der Waals surface area contributed by atoms with Gasteiger partial charge in [0, 0.05) is 15.0 Å². The Morgan fingerprint density at radius 3 is 2.69 bits per heavy atom. The minimum atomic E-state index is -0.722. The average Bonchev–Trinajstić information content (AvgIpc) is 3.24. The molecule has 1 saturated heterocycles. The number of aryl methyl sites for hydroxylation is 1. The van der Waals surface area contributed by atoms with Gasteiger partial charge in [-0.1, -0.05) is 0 Å². The first-order valence-electron chi connectivity index (χ1n) is 12.8. The molecule has 1 atom stereocenters. The molecule has 0 bridgehead atoms. The number of amides is 1. The standard InChI is InChI=1S/C27H36FIN2O7S/c1-26(2,3)38-25(33)31(13-11-18-12-15-36-27(4,5)37-18)24-30-22(23(32)34-6)21(39-24)8-7-14-35-20-10-9-17(29)16-19(20)28/h9-10,16,18H,7-8,11-15H2,1-6H3. The molecule has 1 aliphatic heterocycles. The topological polar surface area (TPSA) is 96.4 Å². The smallest absolute Gasteiger partial charge is 0.416 e. The molecule has 1 unspecified atom stereocenters. The van der Waals surface area contributed by atoms with Crippen molar-refractivity contribution in [1.29, 1.82) is 0 Å². The van der Waals surface area contributed by atoms with Gasteiger partial charge in [-0.05, 0) is 101 Å². The van der Waals surface area contributed by atoms with Crippen LogP contribution in [0.15, 0.2) is 18.2 Å². The van der Waals surface area contributed by atoms with E-state index in [1.807, 2.05) is 36.4 Å². The fraction of sp³-hybridized carbons (Fsp3) is 0.593. The fourth-order valence-corrected chi connectivity index (χ4v) is 5.43. The number of nitrogens with zero attached hydrogens (tertiary/aromatic N) is 2. The van der Waals surface area contributed by atoms with Gasteiger partial charge in [-0.2, -0.15) is 0 Å². The zero-order valence-corrected chi connectivity index (χ0v) is 26.1. The molecule has 3 rings (SSSR count). The molecule has 0 aliphatic carbocycles. The molecular weight excluding hydrogens is 642 g/mol. The highest BCUT2D eigenvalue weighted by Gasteiger charge is 2.32. The van der Waals surface area contributed by atoms with E-state index in [0.29, 0.717) is 42.3 Å². The number of esters is 1. The average molecular weight is 679 g/mol. The Bertz CT molecular complexity index is 1150. The van der Waals surface area contributed by atoms with Crippen LogP contribution in [0, 0.1) is 9.39 Å². The van der Waals surface area contributed by atoms with Gasteiger partial charge in [0.25, 0.3) is 0 Å². The van der Waals surface area contributed by atoms with Crippen molar-refractivity contribution in [3.05, 3.63) is 38.2 Å². The Balaban J connectivity index is 1.76. The van der Waals surface area contributed by atoms with Crippen LogP contribution in [0.25, 0.3) is 0 Å². The van der Waals surface area contributed by atoms with Crippen LogP contribution in [0.4, 0.5) is 14.3 Å². The molecule has 216 valence electrons. The van der Waals surface area contributed by atoms with E-state index in [1.54, 1.807) is 32.9 Å². The van der Waals surface area contributed by atoms with Gasteiger partial charge in [0.2, 0.25) is 0 Å². The maximum absolute atomic E-state index is 14.1. The maximum Gasteiger partial charge on any atom is 0.416 e. The number of benzene rings is 1. The summed E-state index contributed by atoms with van der Waals surface area (Å²) in [6.45, 7) is 10.2.